The van der Waals surface area contributed by atoms with Crippen LogP contribution < -0.4 is 0 Å². The lowest BCUT2D eigenvalue weighted by Crippen LogP contribution is -2.22. The van der Waals surface area contributed by atoms with Crippen LogP contribution in [-0.2, 0) is 24.2 Å². The van der Waals surface area contributed by atoms with E-state index >= 15 is 0 Å². The van der Waals surface area contributed by atoms with Crippen LogP contribution in [-0.4, -0.2) is 15.6 Å². The molecule has 1 N–H and O–H groups in total. The van der Waals surface area contributed by atoms with Gasteiger partial charge in [0.05, 0.1) is 5.92 Å². The molecule has 1 heterocycles. The van der Waals surface area contributed by atoms with Gasteiger partial charge >= 0.3 is 5.97 Å². The first kappa shape index (κ1) is 11.3. The molecular formula is C15H17NO2. The molecule has 1 aliphatic carbocycles. The maximum Gasteiger partial charge on any atom is 0.306 e. The highest BCUT2D eigenvalue weighted by Gasteiger charge is 2.28. The molecule has 0 radical (unpaired) electrons. The summed E-state index contributed by atoms with van der Waals surface area (Å²) in [4.78, 5) is 11.2. The third-order valence-electron chi connectivity index (χ3n) is 4.04. The maximum atomic E-state index is 11.2. The number of aromatic nitrogens is 1. The van der Waals surface area contributed by atoms with Crippen LogP contribution >= 0.6 is 0 Å². The Morgan fingerprint density at radius 2 is 2.22 bits per heavy atom. The number of carboxylic acids is 1. The zero-order chi connectivity index (χ0) is 12.7. The van der Waals surface area contributed by atoms with Gasteiger partial charge in [0.15, 0.2) is 0 Å². The van der Waals surface area contributed by atoms with Crippen molar-refractivity contribution in [2.24, 2.45) is 5.92 Å². The van der Waals surface area contributed by atoms with E-state index in [1.165, 1.54) is 22.2 Å². The fourth-order valence-corrected chi connectivity index (χ4v) is 3.17. The second-order valence-electron chi connectivity index (χ2n) is 4.96. The predicted octanol–water partition coefficient (Wildman–Crippen LogP) is 2.85. The summed E-state index contributed by atoms with van der Waals surface area (Å²) in [6.07, 6.45) is 2.33. The van der Waals surface area contributed by atoms with Crippen LogP contribution in [0.4, 0.5) is 0 Å². The largest absolute Gasteiger partial charge is 0.481 e. The van der Waals surface area contributed by atoms with Crippen LogP contribution in [0.5, 0.6) is 0 Å². The van der Waals surface area contributed by atoms with Crippen LogP contribution in [0.15, 0.2) is 24.3 Å². The van der Waals surface area contributed by atoms with Gasteiger partial charge in [0.1, 0.15) is 0 Å². The first-order chi connectivity index (χ1) is 8.72. The molecule has 2 aromatic rings. The number of rotatable bonds is 2. The third kappa shape index (κ3) is 1.54. The molecule has 3 heteroatoms. The van der Waals surface area contributed by atoms with E-state index in [0.717, 1.165) is 19.4 Å². The summed E-state index contributed by atoms with van der Waals surface area (Å²) >= 11 is 0. The molecule has 1 aromatic heterocycles. The van der Waals surface area contributed by atoms with Gasteiger partial charge in [-0.2, -0.15) is 0 Å². The van der Waals surface area contributed by atoms with Crippen molar-refractivity contribution in [3.63, 3.8) is 0 Å². The molecule has 0 saturated heterocycles. The Morgan fingerprint density at radius 1 is 1.44 bits per heavy atom. The van der Waals surface area contributed by atoms with Gasteiger partial charge in [0.2, 0.25) is 0 Å². The summed E-state index contributed by atoms with van der Waals surface area (Å²) in [6, 6.07) is 8.33. The molecule has 0 fully saturated rings. The molecular weight excluding hydrogens is 226 g/mol. The molecule has 1 unspecified atom stereocenters. The van der Waals surface area contributed by atoms with E-state index in [1.54, 1.807) is 0 Å². The van der Waals surface area contributed by atoms with Gasteiger partial charge in [-0.05, 0) is 37.8 Å². The molecule has 1 atom stereocenters. The lowest BCUT2D eigenvalue weighted by atomic mass is 9.86. The Kier molecular flexibility index (Phi) is 2.62. The Bertz CT molecular complexity index is 612. The number of para-hydroxylation sites is 1. The van der Waals surface area contributed by atoms with Crippen molar-refractivity contribution in [3.05, 3.63) is 35.5 Å². The van der Waals surface area contributed by atoms with E-state index in [1.807, 2.05) is 6.07 Å². The number of carbonyl (C=O) groups is 1. The van der Waals surface area contributed by atoms with Gasteiger partial charge in [-0.1, -0.05) is 18.2 Å². The van der Waals surface area contributed by atoms with Gasteiger partial charge in [0, 0.05) is 23.1 Å². The molecule has 0 amide bonds. The predicted molar refractivity (Wildman–Crippen MR) is 70.8 cm³/mol. The van der Waals surface area contributed by atoms with Crippen molar-refractivity contribution in [3.8, 4) is 0 Å². The minimum Gasteiger partial charge on any atom is -0.481 e. The van der Waals surface area contributed by atoms with E-state index in [9.17, 15) is 9.90 Å². The van der Waals surface area contributed by atoms with Crippen LogP contribution in [0.3, 0.4) is 0 Å². The van der Waals surface area contributed by atoms with E-state index in [2.05, 4.69) is 29.7 Å². The molecule has 1 aromatic carbocycles. The number of aryl methyl sites for hydroxylation is 1. The summed E-state index contributed by atoms with van der Waals surface area (Å²) in [6.45, 7) is 3.10. The van der Waals surface area contributed by atoms with Gasteiger partial charge in [-0.25, -0.2) is 0 Å². The lowest BCUT2D eigenvalue weighted by Gasteiger charge is -2.20. The molecule has 3 rings (SSSR count). The number of aliphatic carboxylic acids is 1. The van der Waals surface area contributed by atoms with Crippen LogP contribution in [0.25, 0.3) is 10.9 Å². The SMILES string of the molecule is CCn1c2c(c3ccccc31)CC(C(=O)O)CC2. The number of hydrogen-bond acceptors (Lipinski definition) is 1. The fraction of sp³-hybridized carbons (Fsp3) is 0.400. The topological polar surface area (TPSA) is 42.2 Å². The summed E-state index contributed by atoms with van der Waals surface area (Å²) in [5.74, 6) is -0.873. The fourth-order valence-electron chi connectivity index (χ4n) is 3.17. The number of nitrogens with zero attached hydrogens (tertiary/aromatic N) is 1. The highest BCUT2D eigenvalue weighted by molar-refractivity contribution is 5.86. The van der Waals surface area contributed by atoms with Crippen molar-refractivity contribution in [2.45, 2.75) is 32.7 Å². The zero-order valence-corrected chi connectivity index (χ0v) is 10.5. The number of carboxylic acid groups (broad SMARTS) is 1. The third-order valence-corrected chi connectivity index (χ3v) is 4.04. The monoisotopic (exact) mass is 243 g/mol. The van der Waals surface area contributed by atoms with E-state index in [-0.39, 0.29) is 5.92 Å². The molecule has 3 nitrogen and oxygen atoms in total. The number of hydrogen-bond donors (Lipinski definition) is 1. The van der Waals surface area contributed by atoms with Crippen LogP contribution in [0.1, 0.15) is 24.6 Å². The number of fused-ring (bicyclic) bond motifs is 3. The minimum atomic E-state index is -0.658. The molecule has 18 heavy (non-hydrogen) atoms. The highest BCUT2D eigenvalue weighted by Crippen LogP contribution is 2.34. The zero-order valence-electron chi connectivity index (χ0n) is 10.5. The van der Waals surface area contributed by atoms with Gasteiger partial charge in [-0.3, -0.25) is 4.79 Å². The molecule has 0 bridgehead atoms. The van der Waals surface area contributed by atoms with Crippen molar-refractivity contribution >= 4 is 16.9 Å². The summed E-state index contributed by atoms with van der Waals surface area (Å²) < 4.78 is 2.34. The summed E-state index contributed by atoms with van der Waals surface area (Å²) in [5.41, 5.74) is 3.85. The van der Waals surface area contributed by atoms with E-state index in [0.29, 0.717) is 6.42 Å². The Labute approximate surface area is 106 Å². The first-order valence-corrected chi connectivity index (χ1v) is 6.54. The Morgan fingerprint density at radius 3 is 2.94 bits per heavy atom. The molecule has 0 aliphatic heterocycles. The van der Waals surface area contributed by atoms with Crippen LogP contribution in [0.2, 0.25) is 0 Å². The second kappa shape index (κ2) is 4.16. The molecule has 94 valence electrons. The first-order valence-electron chi connectivity index (χ1n) is 6.54. The van der Waals surface area contributed by atoms with E-state index < -0.39 is 5.97 Å². The van der Waals surface area contributed by atoms with Gasteiger partial charge < -0.3 is 9.67 Å². The second-order valence-corrected chi connectivity index (χ2v) is 4.96. The minimum absolute atomic E-state index is 0.214. The summed E-state index contributed by atoms with van der Waals surface area (Å²) in [5, 5.41) is 10.4. The maximum absolute atomic E-state index is 11.2. The van der Waals surface area contributed by atoms with Crippen molar-refractivity contribution < 1.29 is 9.90 Å². The smallest absolute Gasteiger partial charge is 0.306 e. The van der Waals surface area contributed by atoms with E-state index in [4.69, 9.17) is 0 Å². The van der Waals surface area contributed by atoms with Crippen molar-refractivity contribution in [2.75, 3.05) is 0 Å². The highest BCUT2D eigenvalue weighted by atomic mass is 16.4. The summed E-state index contributed by atoms with van der Waals surface area (Å²) in [7, 11) is 0. The average Bonchev–Trinajstić information content (AvgIpc) is 2.71. The Balaban J connectivity index is 2.19. The normalized spacial score (nSPS) is 18.8. The number of benzene rings is 1. The van der Waals surface area contributed by atoms with Crippen LogP contribution in [0, 0.1) is 5.92 Å². The van der Waals surface area contributed by atoms with Gasteiger partial charge in [0.25, 0.3) is 0 Å². The quantitative estimate of drug-likeness (QED) is 0.881. The lowest BCUT2D eigenvalue weighted by molar-refractivity contribution is -0.142. The van der Waals surface area contributed by atoms with Crippen molar-refractivity contribution in [1.29, 1.82) is 0 Å². The Hall–Kier alpha value is -1.77. The van der Waals surface area contributed by atoms with Gasteiger partial charge in [-0.15, -0.1) is 0 Å². The standard InChI is InChI=1S/C15H17NO2/c1-2-16-13-6-4-3-5-11(13)12-9-10(15(17)18)7-8-14(12)16/h3-6,10H,2,7-9H2,1H3,(H,17,18). The molecule has 1 aliphatic rings. The molecule has 0 spiro atoms. The average molecular weight is 243 g/mol. The van der Waals surface area contributed by atoms with Crippen molar-refractivity contribution in [1.82, 2.24) is 4.57 Å². The molecule has 0 saturated carbocycles.